The first-order valence-corrected chi connectivity index (χ1v) is 5.43. The van der Waals surface area contributed by atoms with Crippen LogP contribution in [0.2, 0.25) is 0 Å². The van der Waals surface area contributed by atoms with Crippen molar-refractivity contribution >= 4 is 11.6 Å². The van der Waals surface area contributed by atoms with Crippen LogP contribution in [0.4, 0.5) is 5.69 Å². The number of carbonyl (C=O) groups is 1. The number of aromatic nitrogens is 1. The quantitative estimate of drug-likeness (QED) is 0.463. The minimum absolute atomic E-state index is 0.0446. The molecule has 0 N–H and O–H groups in total. The Morgan fingerprint density at radius 3 is 2.72 bits per heavy atom. The zero-order valence-electron chi connectivity index (χ0n) is 10.6. The molecule has 0 fully saturated rings. The van der Waals surface area contributed by atoms with Crippen molar-refractivity contribution in [1.82, 2.24) is 9.47 Å². The molecule has 0 aromatic carbocycles. The summed E-state index contributed by atoms with van der Waals surface area (Å²) in [7, 11) is 1.56. The molecule has 1 rings (SSSR count). The molecule has 6 heteroatoms. The van der Waals surface area contributed by atoms with Gasteiger partial charge in [-0.25, -0.2) is 0 Å². The monoisotopic (exact) mass is 249 g/mol. The van der Waals surface area contributed by atoms with E-state index in [0.29, 0.717) is 0 Å². The van der Waals surface area contributed by atoms with E-state index in [9.17, 15) is 14.9 Å². The van der Waals surface area contributed by atoms with Crippen molar-refractivity contribution < 1.29 is 9.72 Å². The van der Waals surface area contributed by atoms with E-state index in [-0.39, 0.29) is 29.9 Å². The van der Waals surface area contributed by atoms with Gasteiger partial charge in [-0.15, -0.1) is 6.42 Å². The summed E-state index contributed by atoms with van der Waals surface area (Å²) in [5.74, 6) is 2.03. The lowest BCUT2D eigenvalue weighted by Gasteiger charge is -2.17. The topological polar surface area (TPSA) is 68.4 Å². The molecule has 1 aromatic heterocycles. The van der Waals surface area contributed by atoms with Crippen LogP contribution in [0.5, 0.6) is 0 Å². The van der Waals surface area contributed by atoms with Crippen molar-refractivity contribution in [2.45, 2.75) is 19.9 Å². The van der Waals surface area contributed by atoms with Gasteiger partial charge in [-0.3, -0.25) is 14.9 Å². The fourth-order valence-electron chi connectivity index (χ4n) is 1.57. The predicted octanol–water partition coefficient (Wildman–Crippen LogP) is 1.68. The van der Waals surface area contributed by atoms with Crippen LogP contribution in [0.25, 0.3) is 0 Å². The molecular formula is C12H15N3O3. The average Bonchev–Trinajstić information content (AvgIpc) is 2.73. The predicted molar refractivity (Wildman–Crippen MR) is 67.3 cm³/mol. The van der Waals surface area contributed by atoms with Crippen molar-refractivity contribution in [3.63, 3.8) is 0 Å². The molecule has 1 aromatic rings. The lowest BCUT2D eigenvalue weighted by atomic mass is 10.3. The maximum Gasteiger partial charge on any atom is 0.287 e. The first kappa shape index (κ1) is 13.8. The molecule has 0 saturated heterocycles. The van der Waals surface area contributed by atoms with Gasteiger partial charge in [-0.2, -0.15) is 0 Å². The number of nitrogens with zero attached hydrogens (tertiary/aromatic N) is 3. The van der Waals surface area contributed by atoms with E-state index in [1.807, 2.05) is 13.8 Å². The van der Waals surface area contributed by atoms with E-state index in [1.165, 1.54) is 17.2 Å². The smallest absolute Gasteiger partial charge is 0.287 e. The van der Waals surface area contributed by atoms with E-state index in [1.54, 1.807) is 11.6 Å². The average molecular weight is 249 g/mol. The van der Waals surface area contributed by atoms with Crippen LogP contribution in [0.1, 0.15) is 30.4 Å². The van der Waals surface area contributed by atoms with Gasteiger partial charge in [0.15, 0.2) is 0 Å². The zero-order chi connectivity index (χ0) is 13.9. The molecule has 0 atom stereocenters. The van der Waals surface area contributed by atoms with Crippen LogP contribution in [0.15, 0.2) is 12.3 Å². The van der Waals surface area contributed by atoms with Gasteiger partial charge in [0.2, 0.25) is 0 Å². The standard InChI is InChI=1S/C12H15N3O3/c1-5-6-13(4)12(16)11-7-10(15(17)18)8-14(11)9(2)3/h1,7-9H,6H2,2-4H3. The Labute approximate surface area is 105 Å². The van der Waals surface area contributed by atoms with Gasteiger partial charge in [-0.1, -0.05) is 5.92 Å². The number of amides is 1. The molecule has 0 radical (unpaired) electrons. The van der Waals surface area contributed by atoms with E-state index in [2.05, 4.69) is 5.92 Å². The molecule has 0 aliphatic heterocycles. The van der Waals surface area contributed by atoms with Crippen LogP contribution >= 0.6 is 0 Å². The minimum atomic E-state index is -0.517. The van der Waals surface area contributed by atoms with Gasteiger partial charge in [-0.05, 0) is 13.8 Å². The van der Waals surface area contributed by atoms with Gasteiger partial charge < -0.3 is 9.47 Å². The molecule has 0 aliphatic rings. The lowest BCUT2D eigenvalue weighted by Crippen LogP contribution is -2.29. The fraction of sp³-hybridized carbons (Fsp3) is 0.417. The second-order valence-corrected chi connectivity index (χ2v) is 4.21. The summed E-state index contributed by atoms with van der Waals surface area (Å²) in [4.78, 5) is 23.7. The summed E-state index contributed by atoms with van der Waals surface area (Å²) in [6.45, 7) is 3.86. The molecule has 1 amide bonds. The third-order valence-electron chi connectivity index (χ3n) is 2.50. The van der Waals surface area contributed by atoms with E-state index >= 15 is 0 Å². The van der Waals surface area contributed by atoms with Crippen molar-refractivity contribution in [3.05, 3.63) is 28.1 Å². The highest BCUT2D eigenvalue weighted by atomic mass is 16.6. The molecule has 1 heterocycles. The summed E-state index contributed by atoms with van der Waals surface area (Å²) in [6, 6.07) is 1.23. The Morgan fingerprint density at radius 2 is 2.28 bits per heavy atom. The Balaban J connectivity index is 3.18. The number of terminal acetylenes is 1. The van der Waals surface area contributed by atoms with Crippen molar-refractivity contribution in [3.8, 4) is 12.3 Å². The fourth-order valence-corrected chi connectivity index (χ4v) is 1.57. The normalized spacial score (nSPS) is 10.2. The SMILES string of the molecule is C#CCN(C)C(=O)c1cc([N+](=O)[O-])cn1C(C)C. The van der Waals surface area contributed by atoms with Crippen molar-refractivity contribution in [1.29, 1.82) is 0 Å². The number of nitro groups is 1. The third kappa shape index (κ3) is 2.69. The number of hydrogen-bond acceptors (Lipinski definition) is 3. The van der Waals surface area contributed by atoms with Gasteiger partial charge >= 0.3 is 0 Å². The van der Waals surface area contributed by atoms with E-state index in [4.69, 9.17) is 6.42 Å². The Bertz CT molecular complexity index is 511. The molecule has 0 spiro atoms. The van der Waals surface area contributed by atoms with Gasteiger partial charge in [0.05, 0.1) is 17.7 Å². The van der Waals surface area contributed by atoms with Gasteiger partial charge in [0, 0.05) is 19.2 Å². The maximum absolute atomic E-state index is 12.1. The van der Waals surface area contributed by atoms with Crippen LogP contribution in [0.3, 0.4) is 0 Å². The molecule has 0 saturated carbocycles. The van der Waals surface area contributed by atoms with Crippen LogP contribution in [-0.2, 0) is 0 Å². The highest BCUT2D eigenvalue weighted by Gasteiger charge is 2.22. The second kappa shape index (κ2) is 5.36. The molecule has 18 heavy (non-hydrogen) atoms. The minimum Gasteiger partial charge on any atom is -0.335 e. The molecular weight excluding hydrogens is 234 g/mol. The molecule has 96 valence electrons. The summed E-state index contributed by atoms with van der Waals surface area (Å²) in [5.41, 5.74) is 0.176. The molecule has 0 unspecified atom stereocenters. The van der Waals surface area contributed by atoms with Crippen LogP contribution < -0.4 is 0 Å². The largest absolute Gasteiger partial charge is 0.335 e. The van der Waals surface area contributed by atoms with Gasteiger partial charge in [0.25, 0.3) is 11.6 Å². The molecule has 0 aliphatic carbocycles. The number of rotatable bonds is 4. The number of carbonyl (C=O) groups excluding carboxylic acids is 1. The highest BCUT2D eigenvalue weighted by Crippen LogP contribution is 2.21. The van der Waals surface area contributed by atoms with E-state index < -0.39 is 4.92 Å². The summed E-state index contributed by atoms with van der Waals surface area (Å²) in [6.07, 6.45) is 6.50. The summed E-state index contributed by atoms with van der Waals surface area (Å²) >= 11 is 0. The summed E-state index contributed by atoms with van der Waals surface area (Å²) in [5, 5.41) is 10.7. The Kier molecular flexibility index (Phi) is 4.10. The Hall–Kier alpha value is -2.29. The maximum atomic E-state index is 12.1. The highest BCUT2D eigenvalue weighted by molar-refractivity contribution is 5.93. The molecule has 6 nitrogen and oxygen atoms in total. The van der Waals surface area contributed by atoms with Crippen LogP contribution in [-0.4, -0.2) is 33.9 Å². The zero-order valence-corrected chi connectivity index (χ0v) is 10.6. The Morgan fingerprint density at radius 1 is 1.67 bits per heavy atom. The first-order valence-electron chi connectivity index (χ1n) is 5.43. The van der Waals surface area contributed by atoms with E-state index in [0.717, 1.165) is 0 Å². The third-order valence-corrected chi connectivity index (χ3v) is 2.50. The lowest BCUT2D eigenvalue weighted by molar-refractivity contribution is -0.384. The molecule has 0 bridgehead atoms. The van der Waals surface area contributed by atoms with Crippen molar-refractivity contribution in [2.24, 2.45) is 0 Å². The van der Waals surface area contributed by atoms with Gasteiger partial charge in [0.1, 0.15) is 5.69 Å². The summed E-state index contributed by atoms with van der Waals surface area (Å²) < 4.78 is 1.58. The second-order valence-electron chi connectivity index (χ2n) is 4.21. The van der Waals surface area contributed by atoms with Crippen LogP contribution in [0, 0.1) is 22.5 Å². The number of hydrogen-bond donors (Lipinski definition) is 0. The van der Waals surface area contributed by atoms with Crippen molar-refractivity contribution in [2.75, 3.05) is 13.6 Å². The first-order chi connectivity index (χ1) is 8.38.